The molecule has 4 saturated carbocycles. The quantitative estimate of drug-likeness (QED) is 0.883. The van der Waals surface area contributed by atoms with Gasteiger partial charge in [0.1, 0.15) is 0 Å². The van der Waals surface area contributed by atoms with Crippen LogP contribution in [0.3, 0.4) is 0 Å². The van der Waals surface area contributed by atoms with Crippen LogP contribution < -0.4 is 5.73 Å². The maximum absolute atomic E-state index is 6.28. The molecule has 1 aromatic heterocycles. The highest BCUT2D eigenvalue weighted by Gasteiger charge is 2.56. The molecule has 0 radical (unpaired) electrons. The summed E-state index contributed by atoms with van der Waals surface area (Å²) < 4.78 is 0. The van der Waals surface area contributed by atoms with Crippen LogP contribution in [0.5, 0.6) is 0 Å². The molecule has 19 heavy (non-hydrogen) atoms. The summed E-state index contributed by atoms with van der Waals surface area (Å²) in [4.78, 5) is 4.71. The molecular weight excluding hydrogens is 232 g/mol. The van der Waals surface area contributed by atoms with Gasteiger partial charge < -0.3 is 5.73 Å². The van der Waals surface area contributed by atoms with Crippen LogP contribution in [-0.2, 0) is 5.41 Å². The van der Waals surface area contributed by atoms with Crippen molar-refractivity contribution in [3.05, 3.63) is 30.1 Å². The lowest BCUT2D eigenvalue weighted by Gasteiger charge is -2.61. The molecule has 4 aliphatic carbocycles. The van der Waals surface area contributed by atoms with E-state index >= 15 is 0 Å². The van der Waals surface area contributed by atoms with E-state index in [1.165, 1.54) is 37.8 Å². The van der Waals surface area contributed by atoms with Crippen LogP contribution in [0.4, 0.5) is 0 Å². The molecular formula is C17H24N2. The summed E-state index contributed by atoms with van der Waals surface area (Å²) in [6.45, 7) is 2.22. The average Bonchev–Trinajstić information content (AvgIpc) is 2.38. The maximum Gasteiger partial charge on any atom is 0.0465 e. The molecule has 0 saturated heterocycles. The Kier molecular flexibility index (Phi) is 2.54. The van der Waals surface area contributed by atoms with Gasteiger partial charge in [0.05, 0.1) is 0 Å². The molecule has 0 spiro atoms. The first-order valence-corrected chi connectivity index (χ1v) is 7.85. The molecule has 2 N–H and O–H groups in total. The third-order valence-corrected chi connectivity index (χ3v) is 6.16. The highest BCUT2D eigenvalue weighted by Crippen LogP contribution is 2.62. The molecule has 2 nitrogen and oxygen atoms in total. The van der Waals surface area contributed by atoms with Crippen LogP contribution in [0.15, 0.2) is 24.4 Å². The summed E-state index contributed by atoms with van der Waals surface area (Å²) in [6.07, 6.45) is 8.88. The molecule has 5 rings (SSSR count). The predicted octanol–water partition coefficient (Wildman–Crippen LogP) is 3.12. The van der Waals surface area contributed by atoms with E-state index in [0.717, 1.165) is 23.7 Å². The van der Waals surface area contributed by atoms with E-state index < -0.39 is 0 Å². The molecule has 2 heteroatoms. The van der Waals surface area contributed by atoms with E-state index in [2.05, 4.69) is 19.1 Å². The maximum atomic E-state index is 6.28. The van der Waals surface area contributed by atoms with Crippen molar-refractivity contribution in [2.24, 2.45) is 29.4 Å². The van der Waals surface area contributed by atoms with E-state index in [0.29, 0.717) is 11.5 Å². The first kappa shape index (κ1) is 11.9. The monoisotopic (exact) mass is 256 g/mol. The number of pyridine rings is 1. The zero-order chi connectivity index (χ0) is 13.0. The Morgan fingerprint density at radius 1 is 1.21 bits per heavy atom. The number of aromatic nitrogens is 1. The van der Waals surface area contributed by atoms with Crippen molar-refractivity contribution in [3.8, 4) is 0 Å². The lowest BCUT2D eigenvalue weighted by atomic mass is 9.44. The summed E-state index contributed by atoms with van der Waals surface area (Å²) in [5.74, 6) is 3.42. The zero-order valence-electron chi connectivity index (χ0n) is 11.8. The Bertz CT molecular complexity index is 451. The number of hydrogen-bond acceptors (Lipinski definition) is 2. The molecule has 0 aromatic carbocycles. The Hall–Kier alpha value is -0.890. The van der Waals surface area contributed by atoms with E-state index in [1.807, 2.05) is 12.3 Å². The first-order chi connectivity index (χ1) is 9.18. The van der Waals surface area contributed by atoms with E-state index in [1.54, 1.807) is 0 Å². The van der Waals surface area contributed by atoms with Crippen LogP contribution in [0.1, 0.15) is 44.7 Å². The molecule has 4 bridgehead atoms. The molecule has 4 aliphatic rings. The second-order valence-corrected chi connectivity index (χ2v) is 7.40. The van der Waals surface area contributed by atoms with Gasteiger partial charge in [0, 0.05) is 23.3 Å². The Morgan fingerprint density at radius 2 is 1.95 bits per heavy atom. The largest absolute Gasteiger partial charge is 0.328 e. The van der Waals surface area contributed by atoms with E-state index in [-0.39, 0.29) is 0 Å². The van der Waals surface area contributed by atoms with Gasteiger partial charge in [-0.25, -0.2) is 0 Å². The van der Waals surface area contributed by atoms with E-state index in [4.69, 9.17) is 10.7 Å². The number of hydrogen-bond donors (Lipinski definition) is 1. The molecule has 102 valence electrons. The normalized spacial score (nSPS) is 45.4. The second-order valence-electron chi connectivity index (χ2n) is 7.40. The van der Waals surface area contributed by atoms with Crippen LogP contribution in [0.25, 0.3) is 0 Å². The van der Waals surface area contributed by atoms with Crippen molar-refractivity contribution in [2.45, 2.75) is 50.5 Å². The molecule has 1 aromatic rings. The summed E-state index contributed by atoms with van der Waals surface area (Å²) in [7, 11) is 0. The van der Waals surface area contributed by atoms with Crippen LogP contribution in [0, 0.1) is 23.7 Å². The van der Waals surface area contributed by atoms with Gasteiger partial charge in [-0.3, -0.25) is 4.98 Å². The Morgan fingerprint density at radius 3 is 2.53 bits per heavy atom. The smallest absolute Gasteiger partial charge is 0.0465 e. The standard InChI is InChI=1S/C17H24N2/c1-11(18)16-13-6-12-7-14(16)10-17(8-12,9-13)15-4-2-3-5-19-15/h2-5,11-14,16H,6-10,18H2,1H3. The summed E-state index contributed by atoms with van der Waals surface area (Å²) in [6, 6.07) is 6.82. The van der Waals surface area contributed by atoms with Gasteiger partial charge in [-0.1, -0.05) is 6.07 Å². The number of nitrogens with zero attached hydrogens (tertiary/aromatic N) is 1. The minimum Gasteiger partial charge on any atom is -0.328 e. The topological polar surface area (TPSA) is 38.9 Å². The first-order valence-electron chi connectivity index (χ1n) is 7.85. The third-order valence-electron chi connectivity index (χ3n) is 6.16. The van der Waals surface area contributed by atoms with Gasteiger partial charge in [0.25, 0.3) is 0 Å². The van der Waals surface area contributed by atoms with E-state index in [9.17, 15) is 0 Å². The fourth-order valence-electron chi connectivity index (χ4n) is 5.91. The third kappa shape index (κ3) is 1.69. The second kappa shape index (κ2) is 4.05. The lowest BCUT2D eigenvalue weighted by Crippen LogP contribution is -2.56. The van der Waals surface area contributed by atoms with Gasteiger partial charge in [-0.2, -0.15) is 0 Å². The van der Waals surface area contributed by atoms with Crippen LogP contribution in [-0.4, -0.2) is 11.0 Å². The van der Waals surface area contributed by atoms with Crippen molar-refractivity contribution in [2.75, 3.05) is 0 Å². The van der Waals surface area contributed by atoms with Gasteiger partial charge in [-0.05, 0) is 74.8 Å². The minimum atomic E-state index is 0.371. The predicted molar refractivity (Wildman–Crippen MR) is 76.6 cm³/mol. The molecule has 1 heterocycles. The highest BCUT2D eigenvalue weighted by molar-refractivity contribution is 5.24. The van der Waals surface area contributed by atoms with Gasteiger partial charge in [0.15, 0.2) is 0 Å². The summed E-state index contributed by atoms with van der Waals surface area (Å²) in [5.41, 5.74) is 8.03. The van der Waals surface area contributed by atoms with Gasteiger partial charge in [0.2, 0.25) is 0 Å². The lowest BCUT2D eigenvalue weighted by molar-refractivity contribution is -0.0646. The fraction of sp³-hybridized carbons (Fsp3) is 0.706. The molecule has 4 fully saturated rings. The van der Waals surface area contributed by atoms with Crippen molar-refractivity contribution < 1.29 is 0 Å². The van der Waals surface area contributed by atoms with Gasteiger partial charge >= 0.3 is 0 Å². The Balaban J connectivity index is 1.71. The number of rotatable bonds is 2. The van der Waals surface area contributed by atoms with Crippen molar-refractivity contribution in [1.82, 2.24) is 4.98 Å². The minimum absolute atomic E-state index is 0.371. The van der Waals surface area contributed by atoms with Gasteiger partial charge in [-0.15, -0.1) is 0 Å². The van der Waals surface area contributed by atoms with Crippen LogP contribution in [0.2, 0.25) is 0 Å². The Labute approximate surface area is 115 Å². The molecule has 0 aliphatic heterocycles. The van der Waals surface area contributed by atoms with Crippen LogP contribution >= 0.6 is 0 Å². The fourth-order valence-corrected chi connectivity index (χ4v) is 5.91. The van der Waals surface area contributed by atoms with Crippen molar-refractivity contribution in [3.63, 3.8) is 0 Å². The SMILES string of the molecule is CC(N)C1C2CC3CC1CC(c1ccccn1)(C3)C2. The number of nitrogens with two attached hydrogens (primary N) is 1. The summed E-state index contributed by atoms with van der Waals surface area (Å²) >= 11 is 0. The molecule has 3 atom stereocenters. The molecule has 3 unspecified atom stereocenters. The van der Waals surface area contributed by atoms with Crippen molar-refractivity contribution >= 4 is 0 Å². The summed E-state index contributed by atoms with van der Waals surface area (Å²) in [5, 5.41) is 0. The molecule has 0 amide bonds. The van der Waals surface area contributed by atoms with Crippen molar-refractivity contribution in [1.29, 1.82) is 0 Å². The highest BCUT2D eigenvalue weighted by atomic mass is 14.8. The average molecular weight is 256 g/mol. The zero-order valence-corrected chi connectivity index (χ0v) is 11.8.